The SMILES string of the molecule is O=C(NCc1ccc(-c2cc(O)ccc2O)cc1)Nc1cccc2c1CC(O)CC2. The second-order valence-electron chi connectivity index (χ2n) is 7.55. The number of carbonyl (C=O) groups excluding carboxylic acids is 1. The molecule has 2 amide bonds. The summed E-state index contributed by atoms with van der Waals surface area (Å²) >= 11 is 0. The van der Waals surface area contributed by atoms with Crippen molar-refractivity contribution in [1.82, 2.24) is 5.32 Å². The van der Waals surface area contributed by atoms with Crippen LogP contribution >= 0.6 is 0 Å². The molecule has 0 radical (unpaired) electrons. The van der Waals surface area contributed by atoms with E-state index in [2.05, 4.69) is 10.6 Å². The van der Waals surface area contributed by atoms with Gasteiger partial charge in [0.15, 0.2) is 0 Å². The van der Waals surface area contributed by atoms with Crippen LogP contribution in [0.3, 0.4) is 0 Å². The normalized spacial score (nSPS) is 15.3. The summed E-state index contributed by atoms with van der Waals surface area (Å²) in [5.74, 6) is 0.176. The van der Waals surface area contributed by atoms with E-state index in [0.29, 0.717) is 18.5 Å². The summed E-state index contributed by atoms with van der Waals surface area (Å²) < 4.78 is 0. The second-order valence-corrected chi connectivity index (χ2v) is 7.55. The van der Waals surface area contributed by atoms with Crippen LogP contribution in [0, 0.1) is 0 Å². The van der Waals surface area contributed by atoms with Crippen LogP contribution in [-0.4, -0.2) is 27.5 Å². The van der Waals surface area contributed by atoms with E-state index in [1.807, 2.05) is 42.5 Å². The maximum Gasteiger partial charge on any atom is 0.319 e. The van der Waals surface area contributed by atoms with Crippen molar-refractivity contribution in [2.75, 3.05) is 5.32 Å². The number of aromatic hydroxyl groups is 2. The van der Waals surface area contributed by atoms with Gasteiger partial charge in [-0.1, -0.05) is 36.4 Å². The predicted molar refractivity (Wildman–Crippen MR) is 116 cm³/mol. The third kappa shape index (κ3) is 4.39. The first kappa shape index (κ1) is 19.8. The Morgan fingerprint density at radius 3 is 2.63 bits per heavy atom. The molecular formula is C24H24N2O4. The molecule has 30 heavy (non-hydrogen) atoms. The number of rotatable bonds is 4. The molecule has 1 aliphatic rings. The Morgan fingerprint density at radius 2 is 1.83 bits per heavy atom. The van der Waals surface area contributed by atoms with E-state index in [4.69, 9.17) is 0 Å². The lowest BCUT2D eigenvalue weighted by atomic mass is 9.88. The van der Waals surface area contributed by atoms with Gasteiger partial charge in [-0.15, -0.1) is 0 Å². The minimum atomic E-state index is -0.368. The molecule has 0 saturated heterocycles. The number of phenolic OH excluding ortho intramolecular Hbond substituents is 2. The van der Waals surface area contributed by atoms with Crippen LogP contribution in [0.25, 0.3) is 11.1 Å². The molecular weight excluding hydrogens is 380 g/mol. The highest BCUT2D eigenvalue weighted by molar-refractivity contribution is 5.90. The highest BCUT2D eigenvalue weighted by atomic mass is 16.3. The van der Waals surface area contributed by atoms with Crippen molar-refractivity contribution >= 4 is 11.7 Å². The fourth-order valence-corrected chi connectivity index (χ4v) is 3.79. The van der Waals surface area contributed by atoms with Crippen LogP contribution in [-0.2, 0) is 19.4 Å². The minimum absolute atomic E-state index is 0.0841. The van der Waals surface area contributed by atoms with E-state index in [1.165, 1.54) is 23.8 Å². The van der Waals surface area contributed by atoms with E-state index in [0.717, 1.165) is 35.2 Å². The average molecular weight is 404 g/mol. The maximum atomic E-state index is 12.4. The number of hydrogen-bond acceptors (Lipinski definition) is 4. The molecule has 0 bridgehead atoms. The van der Waals surface area contributed by atoms with Crippen LogP contribution in [0.15, 0.2) is 60.7 Å². The molecule has 1 atom stereocenters. The molecule has 3 aromatic rings. The molecule has 0 fully saturated rings. The van der Waals surface area contributed by atoms with E-state index < -0.39 is 0 Å². The van der Waals surface area contributed by atoms with E-state index in [-0.39, 0.29) is 23.6 Å². The highest BCUT2D eigenvalue weighted by Gasteiger charge is 2.19. The lowest BCUT2D eigenvalue weighted by Crippen LogP contribution is -2.29. The van der Waals surface area contributed by atoms with Gasteiger partial charge < -0.3 is 26.0 Å². The molecule has 0 aromatic heterocycles. The summed E-state index contributed by atoms with van der Waals surface area (Å²) in [4.78, 5) is 12.4. The van der Waals surface area contributed by atoms with Crippen molar-refractivity contribution < 1.29 is 20.1 Å². The van der Waals surface area contributed by atoms with Crippen LogP contribution in [0.4, 0.5) is 10.5 Å². The van der Waals surface area contributed by atoms with Crippen LogP contribution in [0.5, 0.6) is 11.5 Å². The molecule has 154 valence electrons. The van der Waals surface area contributed by atoms with Gasteiger partial charge in [0.25, 0.3) is 0 Å². The number of aliphatic hydroxyl groups excluding tert-OH is 1. The van der Waals surface area contributed by atoms with Crippen LogP contribution < -0.4 is 10.6 Å². The first-order valence-electron chi connectivity index (χ1n) is 9.94. The van der Waals surface area contributed by atoms with E-state index in [9.17, 15) is 20.1 Å². The molecule has 5 N–H and O–H groups in total. The van der Waals surface area contributed by atoms with Gasteiger partial charge in [-0.2, -0.15) is 0 Å². The molecule has 0 saturated carbocycles. The number of anilines is 1. The fourth-order valence-electron chi connectivity index (χ4n) is 3.79. The number of hydrogen-bond donors (Lipinski definition) is 5. The summed E-state index contributed by atoms with van der Waals surface area (Å²) in [6, 6.07) is 17.3. The summed E-state index contributed by atoms with van der Waals surface area (Å²) in [6.45, 7) is 0.343. The Hall–Kier alpha value is -3.51. The van der Waals surface area contributed by atoms with Crippen molar-refractivity contribution in [2.24, 2.45) is 0 Å². The van der Waals surface area contributed by atoms with Gasteiger partial charge in [-0.25, -0.2) is 4.79 Å². The van der Waals surface area contributed by atoms with Gasteiger partial charge in [0.05, 0.1) is 6.10 Å². The number of benzene rings is 3. The lowest BCUT2D eigenvalue weighted by Gasteiger charge is -2.23. The number of phenols is 2. The Bertz CT molecular complexity index is 1060. The van der Waals surface area contributed by atoms with Crippen molar-refractivity contribution in [3.8, 4) is 22.6 Å². The zero-order valence-electron chi connectivity index (χ0n) is 16.4. The van der Waals surface area contributed by atoms with E-state index in [1.54, 1.807) is 0 Å². The van der Waals surface area contributed by atoms with Gasteiger partial charge in [-0.05, 0) is 59.4 Å². The van der Waals surface area contributed by atoms with Gasteiger partial charge in [0.2, 0.25) is 0 Å². The smallest absolute Gasteiger partial charge is 0.319 e. The van der Waals surface area contributed by atoms with Crippen LogP contribution in [0.1, 0.15) is 23.1 Å². The maximum absolute atomic E-state index is 12.4. The highest BCUT2D eigenvalue weighted by Crippen LogP contribution is 2.32. The third-order valence-electron chi connectivity index (χ3n) is 5.41. The molecule has 0 spiro atoms. The number of aryl methyl sites for hydroxylation is 1. The topological polar surface area (TPSA) is 102 Å². The van der Waals surface area contributed by atoms with E-state index >= 15 is 0 Å². The minimum Gasteiger partial charge on any atom is -0.508 e. The molecule has 1 aliphatic carbocycles. The first-order valence-corrected chi connectivity index (χ1v) is 9.94. The number of amides is 2. The van der Waals surface area contributed by atoms with Crippen molar-refractivity contribution in [3.63, 3.8) is 0 Å². The third-order valence-corrected chi connectivity index (χ3v) is 5.41. The summed E-state index contributed by atoms with van der Waals surface area (Å²) in [5, 5.41) is 35.3. The molecule has 0 heterocycles. The average Bonchev–Trinajstić information content (AvgIpc) is 2.75. The molecule has 1 unspecified atom stereocenters. The van der Waals surface area contributed by atoms with Gasteiger partial charge in [-0.3, -0.25) is 0 Å². The Balaban J connectivity index is 1.38. The Labute approximate surface area is 174 Å². The van der Waals surface area contributed by atoms with Crippen molar-refractivity contribution in [1.29, 1.82) is 0 Å². The van der Waals surface area contributed by atoms with Gasteiger partial charge in [0, 0.05) is 24.2 Å². The van der Waals surface area contributed by atoms with Crippen molar-refractivity contribution in [2.45, 2.75) is 31.9 Å². The van der Waals surface area contributed by atoms with Crippen molar-refractivity contribution in [3.05, 3.63) is 77.4 Å². The Kier molecular flexibility index (Phi) is 5.59. The summed E-state index contributed by atoms with van der Waals surface area (Å²) in [5.41, 5.74) is 5.12. The van der Waals surface area contributed by atoms with Gasteiger partial charge in [0.1, 0.15) is 11.5 Å². The number of nitrogens with one attached hydrogen (secondary N) is 2. The lowest BCUT2D eigenvalue weighted by molar-refractivity contribution is 0.159. The standard InChI is InChI=1S/C24H24N2O4/c27-18-9-8-16-2-1-3-22(20(16)12-18)26-24(30)25-14-15-4-6-17(7-5-15)21-13-19(28)10-11-23(21)29/h1-7,10-11,13,18,27-29H,8-9,12,14H2,(H2,25,26,30). The molecule has 3 aromatic carbocycles. The number of fused-ring (bicyclic) bond motifs is 1. The Morgan fingerprint density at radius 1 is 1.03 bits per heavy atom. The zero-order valence-corrected chi connectivity index (χ0v) is 16.4. The molecule has 0 aliphatic heterocycles. The zero-order chi connectivity index (χ0) is 21.1. The first-order chi connectivity index (χ1) is 14.5. The number of aliphatic hydroxyl groups is 1. The summed E-state index contributed by atoms with van der Waals surface area (Å²) in [6.07, 6.45) is 1.75. The molecule has 6 nitrogen and oxygen atoms in total. The monoisotopic (exact) mass is 404 g/mol. The largest absolute Gasteiger partial charge is 0.508 e. The number of carbonyl (C=O) groups is 1. The quantitative estimate of drug-likeness (QED) is 0.425. The van der Waals surface area contributed by atoms with Crippen LogP contribution in [0.2, 0.25) is 0 Å². The predicted octanol–water partition coefficient (Wildman–Crippen LogP) is 3.94. The molecule has 6 heteroatoms. The molecule has 4 rings (SSSR count). The fraction of sp³-hybridized carbons (Fsp3) is 0.208. The summed E-state index contributed by atoms with van der Waals surface area (Å²) in [7, 11) is 0. The number of urea groups is 1. The van der Waals surface area contributed by atoms with Gasteiger partial charge >= 0.3 is 6.03 Å². The second kappa shape index (κ2) is 8.47.